The van der Waals surface area contributed by atoms with E-state index in [1.807, 2.05) is 0 Å². The van der Waals surface area contributed by atoms with Gasteiger partial charge in [0.25, 0.3) is 0 Å². The first kappa shape index (κ1) is 11.4. The Hall–Kier alpha value is -1.72. The van der Waals surface area contributed by atoms with Gasteiger partial charge in [0.1, 0.15) is 5.75 Å². The summed E-state index contributed by atoms with van der Waals surface area (Å²) < 4.78 is 39.0. The van der Waals surface area contributed by atoms with Crippen LogP contribution in [0.5, 0.6) is 5.75 Å². The molecule has 1 aromatic carbocycles. The van der Waals surface area contributed by atoms with Crippen LogP contribution in [0.25, 0.3) is 0 Å². The van der Waals surface area contributed by atoms with Crippen LogP contribution in [0.2, 0.25) is 0 Å². The molecule has 0 atom stereocenters. The SMILES string of the molecule is Cc1cc(OC(F)(F)F)ccc1C(=O)O. The van der Waals surface area contributed by atoms with E-state index < -0.39 is 18.1 Å². The number of benzene rings is 1. The van der Waals surface area contributed by atoms with Gasteiger partial charge in [-0.05, 0) is 30.7 Å². The molecule has 1 N–H and O–H groups in total. The largest absolute Gasteiger partial charge is 0.573 e. The normalized spacial score (nSPS) is 11.2. The topological polar surface area (TPSA) is 46.5 Å². The molecule has 0 radical (unpaired) electrons. The van der Waals surface area contributed by atoms with Gasteiger partial charge in [-0.3, -0.25) is 0 Å². The Labute approximate surface area is 83.1 Å². The molecule has 82 valence electrons. The number of hydrogen-bond acceptors (Lipinski definition) is 2. The van der Waals surface area contributed by atoms with Crippen molar-refractivity contribution >= 4 is 5.97 Å². The number of carbonyl (C=O) groups is 1. The second-order valence-corrected chi connectivity index (χ2v) is 2.83. The number of ether oxygens (including phenoxy) is 1. The highest BCUT2D eigenvalue weighted by Crippen LogP contribution is 2.24. The first-order valence-corrected chi connectivity index (χ1v) is 3.89. The van der Waals surface area contributed by atoms with Crippen LogP contribution < -0.4 is 4.74 Å². The number of aryl methyl sites for hydroxylation is 1. The summed E-state index contributed by atoms with van der Waals surface area (Å²) >= 11 is 0. The lowest BCUT2D eigenvalue weighted by atomic mass is 10.1. The second-order valence-electron chi connectivity index (χ2n) is 2.83. The first-order valence-electron chi connectivity index (χ1n) is 3.89. The van der Waals surface area contributed by atoms with Crippen molar-refractivity contribution in [3.63, 3.8) is 0 Å². The second kappa shape index (κ2) is 3.80. The highest BCUT2D eigenvalue weighted by atomic mass is 19.4. The van der Waals surface area contributed by atoms with E-state index in [9.17, 15) is 18.0 Å². The highest BCUT2D eigenvalue weighted by molar-refractivity contribution is 5.89. The number of aromatic carboxylic acids is 1. The lowest BCUT2D eigenvalue weighted by Crippen LogP contribution is -2.17. The lowest BCUT2D eigenvalue weighted by molar-refractivity contribution is -0.274. The molecule has 1 aromatic rings. The summed E-state index contributed by atoms with van der Waals surface area (Å²) in [7, 11) is 0. The van der Waals surface area contributed by atoms with E-state index in [-0.39, 0.29) is 11.1 Å². The summed E-state index contributed by atoms with van der Waals surface area (Å²) in [5, 5.41) is 8.63. The van der Waals surface area contributed by atoms with Gasteiger partial charge in [-0.1, -0.05) is 0 Å². The van der Waals surface area contributed by atoms with Gasteiger partial charge in [-0.15, -0.1) is 13.2 Å². The summed E-state index contributed by atoms with van der Waals surface area (Å²) in [5.74, 6) is -1.61. The summed E-state index contributed by atoms with van der Waals surface area (Å²) in [4.78, 5) is 10.6. The number of carboxylic acid groups (broad SMARTS) is 1. The molecule has 0 aliphatic heterocycles. The van der Waals surface area contributed by atoms with E-state index in [0.717, 1.165) is 18.2 Å². The third-order valence-electron chi connectivity index (χ3n) is 1.66. The van der Waals surface area contributed by atoms with Crippen molar-refractivity contribution in [3.05, 3.63) is 29.3 Å². The van der Waals surface area contributed by atoms with Crippen molar-refractivity contribution in [2.75, 3.05) is 0 Å². The highest BCUT2D eigenvalue weighted by Gasteiger charge is 2.31. The Morgan fingerprint density at radius 2 is 2.00 bits per heavy atom. The lowest BCUT2D eigenvalue weighted by Gasteiger charge is -2.09. The minimum absolute atomic E-state index is 0.0514. The van der Waals surface area contributed by atoms with Crippen molar-refractivity contribution < 1.29 is 27.8 Å². The summed E-state index contributed by atoms with van der Waals surface area (Å²) in [6, 6.07) is 3.06. The molecule has 0 aromatic heterocycles. The van der Waals surface area contributed by atoms with Crippen LogP contribution in [0.1, 0.15) is 15.9 Å². The molecular formula is C9H7F3O3. The number of carboxylic acids is 1. The van der Waals surface area contributed by atoms with Crippen LogP contribution in [0.4, 0.5) is 13.2 Å². The van der Waals surface area contributed by atoms with Crippen LogP contribution in [0, 0.1) is 6.92 Å². The Kier molecular flexibility index (Phi) is 2.88. The zero-order valence-electron chi connectivity index (χ0n) is 7.63. The smallest absolute Gasteiger partial charge is 0.478 e. The quantitative estimate of drug-likeness (QED) is 0.833. The molecule has 0 amide bonds. The van der Waals surface area contributed by atoms with Crippen molar-refractivity contribution in [1.82, 2.24) is 0 Å². The van der Waals surface area contributed by atoms with Gasteiger partial charge in [0.05, 0.1) is 5.56 Å². The monoisotopic (exact) mass is 220 g/mol. The Balaban J connectivity index is 2.97. The van der Waals surface area contributed by atoms with Crippen LogP contribution in [-0.4, -0.2) is 17.4 Å². The third kappa shape index (κ3) is 3.16. The zero-order valence-corrected chi connectivity index (χ0v) is 7.63. The third-order valence-corrected chi connectivity index (χ3v) is 1.66. The van der Waals surface area contributed by atoms with E-state index in [1.54, 1.807) is 0 Å². The minimum Gasteiger partial charge on any atom is -0.478 e. The molecule has 15 heavy (non-hydrogen) atoms. The number of halogens is 3. The van der Waals surface area contributed by atoms with Crippen LogP contribution in [0.3, 0.4) is 0 Å². The molecule has 0 aliphatic carbocycles. The molecule has 1 rings (SSSR count). The molecule has 0 saturated carbocycles. The zero-order chi connectivity index (χ0) is 11.6. The van der Waals surface area contributed by atoms with Gasteiger partial charge in [0.2, 0.25) is 0 Å². The molecule has 0 saturated heterocycles. The van der Waals surface area contributed by atoms with Crippen molar-refractivity contribution in [2.45, 2.75) is 13.3 Å². The van der Waals surface area contributed by atoms with Crippen LogP contribution in [-0.2, 0) is 0 Å². The van der Waals surface area contributed by atoms with E-state index >= 15 is 0 Å². The fourth-order valence-corrected chi connectivity index (χ4v) is 1.07. The van der Waals surface area contributed by atoms with E-state index in [1.165, 1.54) is 6.92 Å². The molecule has 6 heteroatoms. The summed E-state index contributed by atoms with van der Waals surface area (Å²) in [6.45, 7) is 1.40. The number of hydrogen-bond donors (Lipinski definition) is 1. The van der Waals surface area contributed by atoms with Gasteiger partial charge in [0.15, 0.2) is 0 Å². The predicted molar refractivity (Wildman–Crippen MR) is 44.8 cm³/mol. The fourth-order valence-electron chi connectivity index (χ4n) is 1.07. The van der Waals surface area contributed by atoms with Gasteiger partial charge in [-0.25, -0.2) is 4.79 Å². The van der Waals surface area contributed by atoms with Crippen molar-refractivity contribution in [3.8, 4) is 5.75 Å². The molecule has 0 aliphatic rings. The molecular weight excluding hydrogens is 213 g/mol. The van der Waals surface area contributed by atoms with Crippen LogP contribution >= 0.6 is 0 Å². The molecule has 0 fully saturated rings. The molecule has 0 unspecified atom stereocenters. The number of alkyl halides is 3. The average molecular weight is 220 g/mol. The maximum absolute atomic E-state index is 11.8. The first-order chi connectivity index (χ1) is 6.79. The van der Waals surface area contributed by atoms with Crippen molar-refractivity contribution in [1.29, 1.82) is 0 Å². The molecule has 0 heterocycles. The van der Waals surface area contributed by atoms with E-state index in [4.69, 9.17) is 5.11 Å². The van der Waals surface area contributed by atoms with Gasteiger partial charge in [0, 0.05) is 0 Å². The maximum Gasteiger partial charge on any atom is 0.573 e. The van der Waals surface area contributed by atoms with E-state index in [0.29, 0.717) is 0 Å². The Morgan fingerprint density at radius 1 is 1.40 bits per heavy atom. The average Bonchev–Trinajstić information content (AvgIpc) is 1.99. The maximum atomic E-state index is 11.8. The van der Waals surface area contributed by atoms with Crippen LogP contribution in [0.15, 0.2) is 18.2 Å². The van der Waals surface area contributed by atoms with Crippen molar-refractivity contribution in [2.24, 2.45) is 0 Å². The Bertz CT molecular complexity index is 385. The molecule has 3 nitrogen and oxygen atoms in total. The van der Waals surface area contributed by atoms with Gasteiger partial charge < -0.3 is 9.84 Å². The van der Waals surface area contributed by atoms with Gasteiger partial charge in [-0.2, -0.15) is 0 Å². The van der Waals surface area contributed by atoms with E-state index in [2.05, 4.69) is 4.74 Å². The summed E-state index contributed by atoms with van der Waals surface area (Å²) in [5.41, 5.74) is 0.161. The number of rotatable bonds is 2. The fraction of sp³-hybridized carbons (Fsp3) is 0.222. The predicted octanol–water partition coefficient (Wildman–Crippen LogP) is 2.59. The molecule has 0 spiro atoms. The Morgan fingerprint density at radius 3 is 2.40 bits per heavy atom. The standard InChI is InChI=1S/C9H7F3O3/c1-5-4-6(15-9(10,11)12)2-3-7(5)8(13)14/h2-4H,1H3,(H,13,14). The molecule has 0 bridgehead atoms. The minimum atomic E-state index is -4.77. The van der Waals surface area contributed by atoms with Gasteiger partial charge >= 0.3 is 12.3 Å². The summed E-state index contributed by atoms with van der Waals surface area (Å²) in [6.07, 6.45) is -4.77.